The summed E-state index contributed by atoms with van der Waals surface area (Å²) in [6.07, 6.45) is -9.12. The molecule has 1 saturated heterocycles. The van der Waals surface area contributed by atoms with E-state index in [4.69, 9.17) is 30.8 Å². The highest BCUT2D eigenvalue weighted by Crippen LogP contribution is 2.52. The summed E-state index contributed by atoms with van der Waals surface area (Å²) in [5.41, 5.74) is 6.56. The van der Waals surface area contributed by atoms with Gasteiger partial charge in [0.2, 0.25) is 53.0 Å². The van der Waals surface area contributed by atoms with Crippen molar-refractivity contribution in [2.24, 2.45) is 17.4 Å². The van der Waals surface area contributed by atoms with E-state index in [1.807, 2.05) is 0 Å². The van der Waals surface area contributed by atoms with Crippen LogP contribution in [0.3, 0.4) is 0 Å². The Hall–Kier alpha value is -7.81. The van der Waals surface area contributed by atoms with Crippen LogP contribution in [0.4, 0.5) is 0 Å². The summed E-state index contributed by atoms with van der Waals surface area (Å²) in [6.45, 7) is 5.39. The van der Waals surface area contributed by atoms with Crippen LogP contribution < -0.4 is 53.4 Å². The average molecular weight is 1200 g/mol. The number of fused-ring (bicyclic) bond motifs is 3. The highest BCUT2D eigenvalue weighted by Gasteiger charge is 2.51. The summed E-state index contributed by atoms with van der Waals surface area (Å²) in [6, 6.07) is -5.59. The minimum atomic E-state index is -2.49. The lowest BCUT2D eigenvalue weighted by molar-refractivity contribution is -0.249. The molecular weight excluding hydrogens is 1130 g/mol. The number of Topliss-reactive ketones (excluding diaryl/α,β-unsaturated/α-hetero) is 1. The minimum Gasteiger partial charge on any atom is -0.507 e. The van der Waals surface area contributed by atoms with Gasteiger partial charge in [-0.3, -0.25) is 57.5 Å². The number of thiol groups is 1. The monoisotopic (exact) mass is 1200 g/mol. The van der Waals surface area contributed by atoms with Crippen molar-refractivity contribution in [1.29, 1.82) is 0 Å². The molecule has 0 aromatic heterocycles. The zero-order valence-corrected chi connectivity index (χ0v) is 47.5. The van der Waals surface area contributed by atoms with Crippen LogP contribution in [0.25, 0.3) is 0 Å². The van der Waals surface area contributed by atoms with Crippen molar-refractivity contribution in [2.75, 3.05) is 26.0 Å². The molecule has 460 valence electrons. The van der Waals surface area contributed by atoms with E-state index in [0.29, 0.717) is 0 Å². The number of carboxylic acid groups (broad SMARTS) is 1. The van der Waals surface area contributed by atoms with E-state index in [-0.39, 0.29) is 58.9 Å². The van der Waals surface area contributed by atoms with Crippen LogP contribution in [0.1, 0.15) is 122 Å². The molecule has 2 aliphatic carbocycles. The van der Waals surface area contributed by atoms with Crippen LogP contribution in [0.15, 0.2) is 18.2 Å². The molecule has 6 unspecified atom stereocenters. The number of carboxylic acids is 1. The van der Waals surface area contributed by atoms with Gasteiger partial charge in [-0.25, -0.2) is 0 Å². The van der Waals surface area contributed by atoms with Crippen molar-refractivity contribution in [1.82, 2.24) is 37.2 Å². The van der Waals surface area contributed by atoms with Gasteiger partial charge < -0.3 is 93.5 Å². The Morgan fingerprint density at radius 1 is 0.821 bits per heavy atom. The summed E-state index contributed by atoms with van der Waals surface area (Å²) in [5, 5.41) is 82.0. The quantitative estimate of drug-likeness (QED) is 0.0254. The number of aliphatic hydroxyl groups is 3. The number of phenolic OH excluding ortho intramolecular Hbond substituents is 2. The number of aliphatic carboxylic acids is 1. The molecule has 1 fully saturated rings. The largest absolute Gasteiger partial charge is 0.507 e. The number of aliphatic hydroxyl groups excluding tert-OH is 2. The first kappa shape index (κ1) is 67.0. The Labute approximate surface area is 485 Å². The van der Waals surface area contributed by atoms with Crippen LogP contribution in [-0.4, -0.2) is 194 Å². The third-order valence-corrected chi connectivity index (χ3v) is 14.6. The first-order valence-electron chi connectivity index (χ1n) is 26.6. The van der Waals surface area contributed by atoms with E-state index in [1.165, 1.54) is 46.1 Å². The number of nitrogens with two attached hydrogens (primary N) is 2. The second-order valence-corrected chi connectivity index (χ2v) is 21.4. The standard InChI is InChI=1S/C53H71N9O21S/c1-20(2)12-28(62-52(79)29(13-34(55)65)61-48(75)22(4)57-47(74)21(3)58-49(76)26(54)10-11-35(66)59-30(19-84)50(77)56-17-36(67)68)51(78)60-27-14-37(82-23(5)42(27)69)83-32-16-53(80,33(64)18-63)15-25-39(32)46(73)41-40(44(25)71)43(70)24-8-7-9-31(81-6)38(24)45(41)72/h7-9,20-23,26-30,32,37,42,63,69,71,73,80,84H,10-19,54H2,1-6H3,(H2,55,65)(H,56,77)(H,57,74)(H,58,76)(H,59,66)(H,60,78)(H,61,75)(H,62,79)(H,67,68)/t21?,22?,23-,26?,27-,28?,29?,30?,32-,37-,42+,53-/m0/s1. The molecule has 2 aromatic carbocycles. The van der Waals surface area contributed by atoms with Crippen molar-refractivity contribution < 1.29 is 102 Å². The van der Waals surface area contributed by atoms with Crippen molar-refractivity contribution in [3.8, 4) is 17.2 Å². The summed E-state index contributed by atoms with van der Waals surface area (Å²) in [4.78, 5) is 156. The molecule has 17 N–H and O–H groups in total. The Morgan fingerprint density at radius 2 is 1.44 bits per heavy atom. The average Bonchev–Trinajstić information content (AvgIpc) is 0.777. The molecule has 31 heteroatoms. The molecule has 2 aromatic rings. The van der Waals surface area contributed by atoms with E-state index in [2.05, 4.69) is 49.8 Å². The number of nitrogens with one attached hydrogen (secondary N) is 7. The van der Waals surface area contributed by atoms with E-state index in [0.717, 1.165) is 0 Å². The second kappa shape index (κ2) is 28.6. The molecule has 0 radical (unpaired) electrons. The Balaban J connectivity index is 1.26. The first-order valence-corrected chi connectivity index (χ1v) is 27.2. The lowest BCUT2D eigenvalue weighted by atomic mass is 9.72. The Kier molecular flexibility index (Phi) is 22.8. The maximum absolute atomic E-state index is 14.2. The van der Waals surface area contributed by atoms with E-state index in [1.54, 1.807) is 13.8 Å². The van der Waals surface area contributed by atoms with Crippen molar-refractivity contribution >= 4 is 83.2 Å². The van der Waals surface area contributed by atoms with Crippen LogP contribution in [0.2, 0.25) is 0 Å². The number of rotatable bonds is 27. The molecule has 1 aliphatic heterocycles. The van der Waals surface area contributed by atoms with Gasteiger partial charge in [0, 0.05) is 48.1 Å². The molecule has 5 rings (SSSR count). The van der Waals surface area contributed by atoms with E-state index in [9.17, 15) is 83.1 Å². The van der Waals surface area contributed by atoms with Crippen LogP contribution in [0, 0.1) is 5.92 Å². The maximum atomic E-state index is 14.2. The lowest BCUT2D eigenvalue weighted by Gasteiger charge is -2.43. The molecule has 84 heavy (non-hydrogen) atoms. The fourth-order valence-corrected chi connectivity index (χ4v) is 10.0. The normalized spacial score (nSPS) is 21.9. The maximum Gasteiger partial charge on any atom is 0.322 e. The van der Waals surface area contributed by atoms with E-state index < -0.39 is 205 Å². The van der Waals surface area contributed by atoms with Gasteiger partial charge in [0.05, 0.1) is 54.5 Å². The molecule has 8 amide bonds. The summed E-state index contributed by atoms with van der Waals surface area (Å²) in [5.74, 6) is -13.8. The number of methoxy groups -OCH3 is 1. The fraction of sp³-hybridized carbons (Fsp3) is 0.547. The van der Waals surface area contributed by atoms with E-state index >= 15 is 0 Å². The predicted molar refractivity (Wildman–Crippen MR) is 292 cm³/mol. The highest BCUT2D eigenvalue weighted by molar-refractivity contribution is 7.80. The van der Waals surface area contributed by atoms with Gasteiger partial charge in [-0.1, -0.05) is 26.0 Å². The lowest BCUT2D eigenvalue weighted by Crippen LogP contribution is -2.61. The number of amides is 8. The topological polar surface area (TPSA) is 490 Å². The van der Waals surface area contributed by atoms with Gasteiger partial charge >= 0.3 is 5.97 Å². The molecular formula is C53H71N9O21S. The molecule has 0 spiro atoms. The molecule has 3 aliphatic rings. The number of ether oxygens (including phenoxy) is 3. The Morgan fingerprint density at radius 3 is 2.04 bits per heavy atom. The first-order chi connectivity index (χ1) is 39.4. The minimum absolute atomic E-state index is 0.0170. The predicted octanol–water partition coefficient (Wildman–Crippen LogP) is -4.22. The van der Waals surface area contributed by atoms with Gasteiger partial charge in [0.25, 0.3) is 0 Å². The number of ketones is 3. The summed E-state index contributed by atoms with van der Waals surface area (Å²) in [7, 11) is 1.25. The molecule has 30 nitrogen and oxygen atoms in total. The van der Waals surface area contributed by atoms with Gasteiger partial charge in [-0.05, 0) is 45.6 Å². The van der Waals surface area contributed by atoms with Crippen LogP contribution in [-0.2, 0) is 63.8 Å². The number of phenols is 2. The molecule has 0 saturated carbocycles. The van der Waals surface area contributed by atoms with Crippen LogP contribution >= 0.6 is 12.6 Å². The van der Waals surface area contributed by atoms with Gasteiger partial charge in [0.1, 0.15) is 72.3 Å². The number of carbonyl (C=O) groups is 12. The summed E-state index contributed by atoms with van der Waals surface area (Å²) < 4.78 is 17.6. The number of aromatic hydroxyl groups is 2. The van der Waals surface area contributed by atoms with Crippen molar-refractivity contribution in [3.05, 3.63) is 51.6 Å². The van der Waals surface area contributed by atoms with Crippen LogP contribution in [0.5, 0.6) is 17.2 Å². The number of hydrogen-bond acceptors (Lipinski definition) is 22. The zero-order valence-electron chi connectivity index (χ0n) is 46.6. The highest BCUT2D eigenvalue weighted by atomic mass is 32.1. The second-order valence-electron chi connectivity index (χ2n) is 21.1. The Bertz CT molecular complexity index is 2940. The van der Waals surface area contributed by atoms with Gasteiger partial charge in [-0.2, -0.15) is 12.6 Å². The SMILES string of the molecule is COc1cccc2c1C(=O)c1c(O)c3c(c(O)c1C2=O)C[C@@](O)(C(=O)CO)C[C@@H]3O[C@H]1C[C@H](NC(=O)C(CC(C)C)NC(=O)C(CC(N)=O)NC(=O)C(C)NC(=O)C(C)NC(=O)C(N)CCC(=O)NC(CS)C(=O)NCC(=O)O)[C@H](O)[C@H](C)O1. The van der Waals surface area contributed by atoms with Gasteiger partial charge in [-0.15, -0.1) is 0 Å². The number of hydrogen-bond donors (Lipinski definition) is 16. The third kappa shape index (κ3) is 15.9. The third-order valence-electron chi connectivity index (χ3n) is 14.2. The fourth-order valence-electron chi connectivity index (χ4n) is 9.78. The summed E-state index contributed by atoms with van der Waals surface area (Å²) >= 11 is 3.98. The van der Waals surface area contributed by atoms with Gasteiger partial charge in [0.15, 0.2) is 17.9 Å². The number of carbonyl (C=O) groups excluding carboxylic acids is 11. The number of primary amides is 1. The van der Waals surface area contributed by atoms with Crippen molar-refractivity contribution in [3.63, 3.8) is 0 Å². The molecule has 0 bridgehead atoms. The smallest absolute Gasteiger partial charge is 0.322 e. The van der Waals surface area contributed by atoms with Crippen molar-refractivity contribution in [2.45, 2.75) is 152 Å². The molecule has 1 heterocycles. The number of benzene rings is 2. The molecule has 12 atom stereocenters. The zero-order chi connectivity index (χ0) is 62.8.